The van der Waals surface area contributed by atoms with Crippen LogP contribution in [0.2, 0.25) is 0 Å². The van der Waals surface area contributed by atoms with E-state index in [0.717, 1.165) is 5.56 Å². The van der Waals surface area contributed by atoms with E-state index in [-0.39, 0.29) is 5.91 Å². The first-order valence-electron chi connectivity index (χ1n) is 10.7. The fourth-order valence-electron chi connectivity index (χ4n) is 3.75. The second-order valence-electron chi connectivity index (χ2n) is 7.84. The van der Waals surface area contributed by atoms with Crippen molar-refractivity contribution >= 4 is 23.4 Å². The normalized spacial score (nSPS) is 17.3. The second-order valence-corrected chi connectivity index (χ2v) is 7.84. The summed E-state index contributed by atoms with van der Waals surface area (Å²) in [7, 11) is 0. The van der Waals surface area contributed by atoms with Gasteiger partial charge in [-0.2, -0.15) is 5.10 Å². The highest BCUT2D eigenvalue weighted by molar-refractivity contribution is 6.39. The van der Waals surface area contributed by atoms with E-state index in [1.54, 1.807) is 25.1 Å². The van der Waals surface area contributed by atoms with Crippen LogP contribution in [0, 0.1) is 6.92 Å². The van der Waals surface area contributed by atoms with Gasteiger partial charge in [0, 0.05) is 50.5 Å². The molecule has 0 radical (unpaired) electrons. The number of carbonyl (C=O) groups is 3. The molecule has 3 amide bonds. The summed E-state index contributed by atoms with van der Waals surface area (Å²) in [6, 6.07) is 7.04. The molecule has 2 N–H and O–H groups in total. The first-order chi connectivity index (χ1) is 15.5. The molecule has 2 aliphatic rings. The van der Waals surface area contributed by atoms with Crippen LogP contribution < -0.4 is 5.32 Å². The van der Waals surface area contributed by atoms with Gasteiger partial charge in [-0.05, 0) is 19.1 Å². The van der Waals surface area contributed by atoms with E-state index in [0.29, 0.717) is 76.4 Å². The van der Waals surface area contributed by atoms with Crippen molar-refractivity contribution in [2.45, 2.75) is 6.92 Å². The summed E-state index contributed by atoms with van der Waals surface area (Å²) >= 11 is 0. The summed E-state index contributed by atoms with van der Waals surface area (Å²) < 4.78 is 5.28. The molecule has 0 saturated carbocycles. The largest absolute Gasteiger partial charge is 0.378 e. The smallest absolute Gasteiger partial charge is 0.313 e. The van der Waals surface area contributed by atoms with Gasteiger partial charge >= 0.3 is 11.8 Å². The van der Waals surface area contributed by atoms with Gasteiger partial charge in [0.2, 0.25) is 5.91 Å². The first-order valence-corrected chi connectivity index (χ1v) is 10.7. The maximum atomic E-state index is 12.6. The van der Waals surface area contributed by atoms with Crippen LogP contribution in [-0.2, 0) is 19.1 Å². The number of hydrogen-bond donors (Lipinski definition) is 2. The summed E-state index contributed by atoms with van der Waals surface area (Å²) in [5.41, 5.74) is 1.23. The van der Waals surface area contributed by atoms with Gasteiger partial charge in [0.1, 0.15) is 5.82 Å². The third-order valence-electron chi connectivity index (χ3n) is 5.55. The number of piperazine rings is 1. The molecule has 0 unspecified atom stereocenters. The van der Waals surface area contributed by atoms with Gasteiger partial charge in [-0.1, -0.05) is 12.1 Å². The number of aryl methyl sites for hydroxylation is 1. The highest BCUT2D eigenvalue weighted by Crippen LogP contribution is 2.19. The second kappa shape index (κ2) is 9.88. The van der Waals surface area contributed by atoms with E-state index in [9.17, 15) is 14.4 Å². The Labute approximate surface area is 185 Å². The average molecular weight is 441 g/mol. The standard InChI is InChI=1S/C21H27N7O4/c1-15-22-19(25-24-15)16-3-2-4-17(13-16)23-20(30)21(31)28-7-5-26(6-8-28)14-18(29)27-9-11-32-12-10-27/h2-4,13H,5-12,14H2,1H3,(H,23,30)(H,22,24,25). The van der Waals surface area contributed by atoms with E-state index in [4.69, 9.17) is 4.74 Å². The predicted molar refractivity (Wildman–Crippen MR) is 116 cm³/mol. The molecule has 2 aliphatic heterocycles. The molecule has 2 aromatic rings. The lowest BCUT2D eigenvalue weighted by Crippen LogP contribution is -2.54. The van der Waals surface area contributed by atoms with Crippen LogP contribution in [0.4, 0.5) is 5.69 Å². The molecule has 0 aliphatic carbocycles. The summed E-state index contributed by atoms with van der Waals surface area (Å²) in [6.45, 7) is 6.42. The number of morpholine rings is 1. The molecule has 4 rings (SSSR count). The molecule has 0 spiro atoms. The topological polar surface area (TPSA) is 124 Å². The zero-order valence-electron chi connectivity index (χ0n) is 18.0. The fourth-order valence-corrected chi connectivity index (χ4v) is 3.75. The number of hydrogen-bond acceptors (Lipinski definition) is 7. The molecule has 11 nitrogen and oxygen atoms in total. The number of rotatable bonds is 4. The molecule has 170 valence electrons. The number of aromatic amines is 1. The Kier molecular flexibility index (Phi) is 6.76. The van der Waals surface area contributed by atoms with Crippen molar-refractivity contribution in [2.75, 3.05) is 64.3 Å². The monoisotopic (exact) mass is 441 g/mol. The highest BCUT2D eigenvalue weighted by atomic mass is 16.5. The fraction of sp³-hybridized carbons (Fsp3) is 0.476. The van der Waals surface area contributed by atoms with Crippen LogP contribution in [0.5, 0.6) is 0 Å². The zero-order valence-corrected chi connectivity index (χ0v) is 18.0. The number of aromatic nitrogens is 3. The Morgan fingerprint density at radius 2 is 1.81 bits per heavy atom. The lowest BCUT2D eigenvalue weighted by Gasteiger charge is -2.35. The third kappa shape index (κ3) is 5.29. The predicted octanol–water partition coefficient (Wildman–Crippen LogP) is -0.278. The van der Waals surface area contributed by atoms with Gasteiger partial charge in [-0.3, -0.25) is 24.4 Å². The van der Waals surface area contributed by atoms with E-state index in [1.807, 2.05) is 15.9 Å². The van der Waals surface area contributed by atoms with E-state index in [1.165, 1.54) is 4.90 Å². The van der Waals surface area contributed by atoms with Crippen LogP contribution >= 0.6 is 0 Å². The Bertz CT molecular complexity index is 978. The molecule has 1 aromatic heterocycles. The molecule has 3 heterocycles. The van der Waals surface area contributed by atoms with Crippen molar-refractivity contribution < 1.29 is 19.1 Å². The van der Waals surface area contributed by atoms with Crippen molar-refractivity contribution in [1.29, 1.82) is 0 Å². The molecular formula is C21H27N7O4. The van der Waals surface area contributed by atoms with Gasteiger partial charge < -0.3 is 19.9 Å². The highest BCUT2D eigenvalue weighted by Gasteiger charge is 2.28. The van der Waals surface area contributed by atoms with Gasteiger partial charge in [-0.15, -0.1) is 0 Å². The van der Waals surface area contributed by atoms with Crippen molar-refractivity contribution in [3.8, 4) is 11.4 Å². The van der Waals surface area contributed by atoms with Crippen molar-refractivity contribution in [3.63, 3.8) is 0 Å². The Morgan fingerprint density at radius 1 is 1.06 bits per heavy atom. The SMILES string of the molecule is Cc1nc(-c2cccc(NC(=O)C(=O)N3CCN(CC(=O)N4CCOCC4)CC3)c2)n[nH]1. The molecule has 0 bridgehead atoms. The summed E-state index contributed by atoms with van der Waals surface area (Å²) in [5.74, 6) is 0.0184. The minimum absolute atomic E-state index is 0.0762. The Morgan fingerprint density at radius 3 is 2.50 bits per heavy atom. The number of amides is 3. The summed E-state index contributed by atoms with van der Waals surface area (Å²) in [4.78, 5) is 47.1. The molecule has 32 heavy (non-hydrogen) atoms. The number of ether oxygens (including phenoxy) is 1. The Hall–Kier alpha value is -3.31. The molecular weight excluding hydrogens is 414 g/mol. The number of nitrogens with one attached hydrogen (secondary N) is 2. The molecule has 0 atom stereocenters. The molecule has 1 aromatic carbocycles. The average Bonchev–Trinajstić information content (AvgIpc) is 3.26. The van der Waals surface area contributed by atoms with Gasteiger partial charge in [-0.25, -0.2) is 4.98 Å². The summed E-state index contributed by atoms with van der Waals surface area (Å²) in [6.07, 6.45) is 0. The van der Waals surface area contributed by atoms with Gasteiger partial charge in [0.25, 0.3) is 0 Å². The zero-order chi connectivity index (χ0) is 22.5. The quantitative estimate of drug-likeness (QED) is 0.626. The third-order valence-corrected chi connectivity index (χ3v) is 5.55. The Balaban J connectivity index is 1.27. The number of carbonyl (C=O) groups excluding carboxylic acids is 3. The van der Waals surface area contributed by atoms with E-state index >= 15 is 0 Å². The minimum Gasteiger partial charge on any atom is -0.378 e. The van der Waals surface area contributed by atoms with Crippen molar-refractivity contribution in [3.05, 3.63) is 30.1 Å². The molecule has 2 fully saturated rings. The van der Waals surface area contributed by atoms with Crippen LogP contribution in [0.15, 0.2) is 24.3 Å². The first kappa shape index (κ1) is 21.9. The lowest BCUT2D eigenvalue weighted by molar-refractivity contribution is -0.145. The van der Waals surface area contributed by atoms with Crippen LogP contribution in [0.25, 0.3) is 11.4 Å². The number of nitrogens with zero attached hydrogens (tertiary/aromatic N) is 5. The van der Waals surface area contributed by atoms with Crippen molar-refractivity contribution in [2.24, 2.45) is 0 Å². The number of H-pyrrole nitrogens is 1. The minimum atomic E-state index is -0.689. The van der Waals surface area contributed by atoms with E-state index in [2.05, 4.69) is 20.5 Å². The van der Waals surface area contributed by atoms with Crippen LogP contribution in [0.3, 0.4) is 0 Å². The number of benzene rings is 1. The van der Waals surface area contributed by atoms with Crippen molar-refractivity contribution in [1.82, 2.24) is 29.9 Å². The van der Waals surface area contributed by atoms with Gasteiger partial charge in [0.15, 0.2) is 5.82 Å². The van der Waals surface area contributed by atoms with E-state index < -0.39 is 11.8 Å². The van der Waals surface area contributed by atoms with Gasteiger partial charge in [0.05, 0.1) is 19.8 Å². The number of anilines is 1. The van der Waals surface area contributed by atoms with Crippen LogP contribution in [0.1, 0.15) is 5.82 Å². The maximum Gasteiger partial charge on any atom is 0.313 e. The van der Waals surface area contributed by atoms with Crippen LogP contribution in [-0.4, -0.2) is 107 Å². The molecule has 11 heteroatoms. The summed E-state index contributed by atoms with van der Waals surface area (Å²) in [5, 5.41) is 9.55. The maximum absolute atomic E-state index is 12.6. The lowest BCUT2D eigenvalue weighted by atomic mass is 10.2. The molecule has 2 saturated heterocycles.